The van der Waals surface area contributed by atoms with Crippen molar-refractivity contribution in [2.24, 2.45) is 4.99 Å². The summed E-state index contributed by atoms with van der Waals surface area (Å²) in [6.45, 7) is 10.0. The van der Waals surface area contributed by atoms with Crippen molar-refractivity contribution < 1.29 is 4.79 Å². The number of hydrogen-bond donors (Lipinski definition) is 3. The van der Waals surface area contributed by atoms with Crippen molar-refractivity contribution in [3.63, 3.8) is 0 Å². The molecule has 1 aromatic rings. The van der Waals surface area contributed by atoms with Crippen molar-refractivity contribution >= 4 is 47.2 Å². The molecule has 132 valence electrons. The SMILES string of the molecule is CCNC(=NCCc1ncc(C)s1)NCCC(=O)NC(C)C.I. The summed E-state index contributed by atoms with van der Waals surface area (Å²) in [6.07, 6.45) is 3.16. The van der Waals surface area contributed by atoms with Crippen LogP contribution in [0.4, 0.5) is 0 Å². The monoisotopic (exact) mass is 453 g/mol. The van der Waals surface area contributed by atoms with E-state index in [1.165, 1.54) is 4.88 Å². The van der Waals surface area contributed by atoms with Crippen molar-refractivity contribution in [2.75, 3.05) is 19.6 Å². The molecule has 0 fully saturated rings. The molecule has 0 aliphatic carbocycles. The Morgan fingerprint density at radius 3 is 2.70 bits per heavy atom. The number of rotatable bonds is 8. The number of thiazole rings is 1. The summed E-state index contributed by atoms with van der Waals surface area (Å²) in [4.78, 5) is 21.6. The Labute approximate surface area is 160 Å². The highest BCUT2D eigenvalue weighted by atomic mass is 127. The predicted molar refractivity (Wildman–Crippen MR) is 108 cm³/mol. The molecule has 0 atom stereocenters. The van der Waals surface area contributed by atoms with Gasteiger partial charge in [-0.1, -0.05) is 0 Å². The summed E-state index contributed by atoms with van der Waals surface area (Å²) in [7, 11) is 0. The van der Waals surface area contributed by atoms with Crippen molar-refractivity contribution in [1.29, 1.82) is 0 Å². The molecular weight excluding hydrogens is 425 g/mol. The molecule has 0 unspecified atom stereocenters. The first-order chi connectivity index (χ1) is 10.5. The third-order valence-electron chi connectivity index (χ3n) is 2.70. The molecule has 0 spiro atoms. The lowest BCUT2D eigenvalue weighted by Crippen LogP contribution is -2.40. The van der Waals surface area contributed by atoms with Gasteiger partial charge in [-0.2, -0.15) is 0 Å². The molecule has 1 aromatic heterocycles. The molecule has 1 rings (SSSR count). The maximum Gasteiger partial charge on any atom is 0.221 e. The summed E-state index contributed by atoms with van der Waals surface area (Å²) in [5.74, 6) is 0.796. The first-order valence-corrected chi connectivity index (χ1v) is 8.55. The van der Waals surface area contributed by atoms with Crippen LogP contribution in [0, 0.1) is 6.92 Å². The Balaban J connectivity index is 0.00000484. The first kappa shape index (κ1) is 22.1. The first-order valence-electron chi connectivity index (χ1n) is 7.74. The molecule has 23 heavy (non-hydrogen) atoms. The minimum Gasteiger partial charge on any atom is -0.357 e. The summed E-state index contributed by atoms with van der Waals surface area (Å²) in [6, 6.07) is 0.177. The van der Waals surface area contributed by atoms with E-state index >= 15 is 0 Å². The number of hydrogen-bond acceptors (Lipinski definition) is 4. The summed E-state index contributed by atoms with van der Waals surface area (Å²) in [5.41, 5.74) is 0. The van der Waals surface area contributed by atoms with Gasteiger partial charge in [-0.25, -0.2) is 4.98 Å². The smallest absolute Gasteiger partial charge is 0.221 e. The molecule has 6 nitrogen and oxygen atoms in total. The Morgan fingerprint density at radius 2 is 2.13 bits per heavy atom. The number of guanidine groups is 1. The fourth-order valence-electron chi connectivity index (χ4n) is 1.81. The van der Waals surface area contributed by atoms with Gasteiger partial charge in [0.05, 0.1) is 5.01 Å². The van der Waals surface area contributed by atoms with Crippen LogP contribution < -0.4 is 16.0 Å². The molecule has 8 heteroatoms. The highest BCUT2D eigenvalue weighted by Crippen LogP contribution is 2.11. The van der Waals surface area contributed by atoms with Gasteiger partial charge < -0.3 is 16.0 Å². The van der Waals surface area contributed by atoms with Crippen LogP contribution in [-0.2, 0) is 11.2 Å². The Morgan fingerprint density at radius 1 is 1.39 bits per heavy atom. The van der Waals surface area contributed by atoms with Gasteiger partial charge in [-0.05, 0) is 27.7 Å². The fourth-order valence-corrected chi connectivity index (χ4v) is 2.59. The third-order valence-corrected chi connectivity index (χ3v) is 3.68. The molecule has 0 bridgehead atoms. The summed E-state index contributed by atoms with van der Waals surface area (Å²) in [5, 5.41) is 10.3. The molecule has 0 radical (unpaired) electrons. The second-order valence-electron chi connectivity index (χ2n) is 5.27. The molecule has 0 saturated heterocycles. The van der Waals surface area contributed by atoms with Gasteiger partial charge in [0.1, 0.15) is 0 Å². The van der Waals surface area contributed by atoms with E-state index in [1.807, 2.05) is 27.0 Å². The van der Waals surface area contributed by atoms with Crippen LogP contribution in [0.5, 0.6) is 0 Å². The van der Waals surface area contributed by atoms with Crippen LogP contribution in [0.25, 0.3) is 0 Å². The predicted octanol–water partition coefficient (Wildman–Crippen LogP) is 2.08. The number of nitrogens with one attached hydrogen (secondary N) is 3. The summed E-state index contributed by atoms with van der Waals surface area (Å²) >= 11 is 1.71. The van der Waals surface area contributed by atoms with Crippen LogP contribution >= 0.6 is 35.3 Å². The van der Waals surface area contributed by atoms with Gasteiger partial charge >= 0.3 is 0 Å². The molecular formula is C15H28IN5OS. The largest absolute Gasteiger partial charge is 0.357 e. The number of carbonyl (C=O) groups is 1. The van der Waals surface area contributed by atoms with Crippen molar-refractivity contribution in [3.8, 4) is 0 Å². The van der Waals surface area contributed by atoms with Crippen LogP contribution in [0.1, 0.15) is 37.1 Å². The highest BCUT2D eigenvalue weighted by molar-refractivity contribution is 14.0. The zero-order valence-corrected chi connectivity index (χ0v) is 17.5. The molecule has 1 heterocycles. The molecule has 3 N–H and O–H groups in total. The van der Waals surface area contributed by atoms with E-state index < -0.39 is 0 Å². The topological polar surface area (TPSA) is 78.4 Å². The number of amides is 1. The van der Waals surface area contributed by atoms with Crippen LogP contribution in [0.2, 0.25) is 0 Å². The normalized spacial score (nSPS) is 11.1. The number of aryl methyl sites for hydroxylation is 1. The van der Waals surface area contributed by atoms with Crippen molar-refractivity contribution in [1.82, 2.24) is 20.9 Å². The van der Waals surface area contributed by atoms with Gasteiger partial charge in [-0.15, -0.1) is 35.3 Å². The van der Waals surface area contributed by atoms with Crippen LogP contribution in [0.3, 0.4) is 0 Å². The second kappa shape index (κ2) is 12.5. The fraction of sp³-hybridized carbons (Fsp3) is 0.667. The lowest BCUT2D eigenvalue weighted by Gasteiger charge is -2.12. The van der Waals surface area contributed by atoms with Gasteiger partial charge in [-0.3, -0.25) is 9.79 Å². The quantitative estimate of drug-likeness (QED) is 0.320. The minimum absolute atomic E-state index is 0. The lowest BCUT2D eigenvalue weighted by molar-refractivity contribution is -0.121. The average molecular weight is 453 g/mol. The van der Waals surface area contributed by atoms with Crippen molar-refractivity contribution in [3.05, 3.63) is 16.1 Å². The van der Waals surface area contributed by atoms with Crippen LogP contribution in [-0.4, -0.2) is 42.5 Å². The molecule has 0 aromatic carbocycles. The molecule has 1 amide bonds. The number of aliphatic imine (C=N–C) groups is 1. The maximum atomic E-state index is 11.6. The Hall–Kier alpha value is -0.900. The van der Waals surface area contributed by atoms with Gasteiger partial charge in [0.15, 0.2) is 5.96 Å². The number of aromatic nitrogens is 1. The van der Waals surface area contributed by atoms with E-state index in [0.29, 0.717) is 19.5 Å². The van der Waals surface area contributed by atoms with Crippen molar-refractivity contribution in [2.45, 2.75) is 46.6 Å². The number of nitrogens with zero attached hydrogens (tertiary/aromatic N) is 2. The molecule has 0 aliphatic rings. The highest BCUT2D eigenvalue weighted by Gasteiger charge is 2.04. The number of carbonyl (C=O) groups excluding carboxylic acids is 1. The minimum atomic E-state index is 0. The zero-order valence-electron chi connectivity index (χ0n) is 14.3. The zero-order chi connectivity index (χ0) is 16.4. The van der Waals surface area contributed by atoms with E-state index in [2.05, 4.69) is 32.9 Å². The average Bonchev–Trinajstić information content (AvgIpc) is 2.83. The second-order valence-corrected chi connectivity index (χ2v) is 6.59. The Kier molecular flexibility index (Phi) is 12.0. The molecule has 0 saturated carbocycles. The third kappa shape index (κ3) is 10.5. The van der Waals surface area contributed by atoms with E-state index in [4.69, 9.17) is 0 Å². The summed E-state index contributed by atoms with van der Waals surface area (Å²) < 4.78 is 0. The van der Waals surface area contributed by atoms with E-state index in [1.54, 1.807) is 11.3 Å². The lowest BCUT2D eigenvalue weighted by atomic mass is 10.3. The standard InChI is InChI=1S/C15H27N5OS.HI/c1-5-16-15(17-8-6-13(21)20-11(2)3)18-9-7-14-19-10-12(4)22-14;/h10-11H,5-9H2,1-4H3,(H,20,21)(H2,16,17,18);1H. The van der Waals surface area contributed by atoms with E-state index in [-0.39, 0.29) is 35.9 Å². The Bertz CT molecular complexity index is 490. The van der Waals surface area contributed by atoms with Gasteiger partial charge in [0, 0.05) is 49.6 Å². The maximum absolute atomic E-state index is 11.6. The van der Waals surface area contributed by atoms with E-state index in [9.17, 15) is 4.79 Å². The van der Waals surface area contributed by atoms with Crippen LogP contribution in [0.15, 0.2) is 11.2 Å². The van der Waals surface area contributed by atoms with E-state index in [0.717, 1.165) is 23.9 Å². The van der Waals surface area contributed by atoms with Gasteiger partial charge in [0.2, 0.25) is 5.91 Å². The molecule has 0 aliphatic heterocycles. The number of halogens is 1. The van der Waals surface area contributed by atoms with Gasteiger partial charge in [0.25, 0.3) is 0 Å².